The third-order valence-corrected chi connectivity index (χ3v) is 7.19. The van der Waals surface area contributed by atoms with E-state index in [0.717, 1.165) is 12.8 Å². The Morgan fingerprint density at radius 1 is 0.912 bits per heavy atom. The Balaban J connectivity index is 1.45. The molecule has 34 heavy (non-hydrogen) atoms. The maximum Gasteiger partial charge on any atom is 0.378 e. The van der Waals surface area contributed by atoms with Crippen molar-refractivity contribution in [3.05, 3.63) is 11.5 Å². The number of esters is 1. The number of cyclic esters (lactones) is 1. The fourth-order valence-electron chi connectivity index (χ4n) is 4.55. The molecule has 0 aromatic heterocycles. The van der Waals surface area contributed by atoms with E-state index < -0.39 is 29.7 Å². The molecule has 0 aromatic carbocycles. The van der Waals surface area contributed by atoms with Crippen molar-refractivity contribution in [2.45, 2.75) is 135 Å². The van der Waals surface area contributed by atoms with Crippen molar-refractivity contribution in [3.8, 4) is 0 Å². The Labute approximate surface area is 211 Å². The van der Waals surface area contributed by atoms with Crippen molar-refractivity contribution < 1.29 is 28.8 Å². The summed E-state index contributed by atoms with van der Waals surface area (Å²) in [5.41, 5.74) is 0. The van der Waals surface area contributed by atoms with Gasteiger partial charge in [-0.25, -0.2) is 4.79 Å². The lowest BCUT2D eigenvalue weighted by molar-refractivity contribution is -0.162. The predicted molar refractivity (Wildman–Crippen MR) is 135 cm³/mol. The summed E-state index contributed by atoms with van der Waals surface area (Å²) < 4.78 is 22.4. The molecule has 1 fully saturated rings. The first-order chi connectivity index (χ1) is 16.5. The summed E-state index contributed by atoms with van der Waals surface area (Å²) in [6, 6.07) is 0. The number of unbranched alkanes of at least 4 members (excludes halogenated alkanes) is 15. The number of halogens is 1. The minimum atomic E-state index is -0.921. The van der Waals surface area contributed by atoms with E-state index in [0.29, 0.717) is 6.61 Å². The number of carbonyl (C=O) groups is 1. The molecule has 2 aliphatic heterocycles. The van der Waals surface area contributed by atoms with Gasteiger partial charge in [-0.15, -0.1) is 11.6 Å². The van der Waals surface area contributed by atoms with Gasteiger partial charge in [-0.1, -0.05) is 103 Å². The van der Waals surface area contributed by atoms with E-state index >= 15 is 0 Å². The van der Waals surface area contributed by atoms with Crippen molar-refractivity contribution in [1.29, 1.82) is 0 Å². The van der Waals surface area contributed by atoms with Gasteiger partial charge in [0.2, 0.25) is 5.76 Å². The Morgan fingerprint density at radius 3 is 1.88 bits per heavy atom. The molecule has 6 nitrogen and oxygen atoms in total. The summed E-state index contributed by atoms with van der Waals surface area (Å²) in [5.74, 6) is -1.86. The fraction of sp³-hybridized carbons (Fsp3) is 0.889. The average Bonchev–Trinajstić information content (AvgIpc) is 3.36. The number of hydrogen-bond donors (Lipinski definition) is 1. The van der Waals surface area contributed by atoms with Crippen LogP contribution in [0.1, 0.15) is 117 Å². The van der Waals surface area contributed by atoms with Crippen LogP contribution in [0.2, 0.25) is 0 Å². The highest BCUT2D eigenvalue weighted by Gasteiger charge is 2.48. The zero-order valence-corrected chi connectivity index (χ0v) is 22.2. The Morgan fingerprint density at radius 2 is 1.41 bits per heavy atom. The number of rotatable bonds is 20. The highest BCUT2D eigenvalue weighted by atomic mass is 35.5. The standard InChI is InChI=1S/C27H47ClO6/c1-3-4-5-6-7-8-9-10-11-12-13-14-15-16-17-18-19-31-25-23(29)26(30)33-24(25)22-20-32-27(2,21-28)34-22/h22,24,29H,3-21H2,1-2H3/t22-,24+,27?/m0/s1. The first kappa shape index (κ1) is 29.3. The summed E-state index contributed by atoms with van der Waals surface area (Å²) in [7, 11) is 0. The van der Waals surface area contributed by atoms with Crippen LogP contribution in [0.15, 0.2) is 11.5 Å². The molecular formula is C27H47ClO6. The number of ether oxygens (including phenoxy) is 4. The number of alkyl halides is 1. The van der Waals surface area contributed by atoms with Gasteiger partial charge in [-0.05, 0) is 13.3 Å². The number of aliphatic hydroxyl groups excluding tert-OH is 1. The van der Waals surface area contributed by atoms with Crippen molar-refractivity contribution in [1.82, 2.24) is 0 Å². The Bertz CT molecular complexity index is 610. The molecule has 0 spiro atoms. The van der Waals surface area contributed by atoms with Crippen molar-refractivity contribution >= 4 is 17.6 Å². The lowest BCUT2D eigenvalue weighted by Gasteiger charge is -2.23. The monoisotopic (exact) mass is 502 g/mol. The molecule has 1 saturated heterocycles. The van der Waals surface area contributed by atoms with Crippen LogP contribution in [0.4, 0.5) is 0 Å². The molecule has 3 atom stereocenters. The quantitative estimate of drug-likeness (QED) is 0.107. The number of carbonyl (C=O) groups excluding carboxylic acids is 1. The maximum atomic E-state index is 11.8. The molecule has 0 bridgehead atoms. The molecule has 0 radical (unpaired) electrons. The normalized spacial score (nSPS) is 24.7. The second kappa shape index (κ2) is 16.6. The van der Waals surface area contributed by atoms with Crippen LogP contribution in [0, 0.1) is 0 Å². The molecule has 0 aliphatic carbocycles. The second-order valence-corrected chi connectivity index (χ2v) is 10.2. The average molecular weight is 503 g/mol. The molecule has 1 unspecified atom stereocenters. The van der Waals surface area contributed by atoms with Crippen LogP contribution in [-0.2, 0) is 23.7 Å². The van der Waals surface area contributed by atoms with E-state index in [2.05, 4.69) is 6.92 Å². The topological polar surface area (TPSA) is 74.2 Å². The van der Waals surface area contributed by atoms with Crippen LogP contribution in [0.3, 0.4) is 0 Å². The van der Waals surface area contributed by atoms with Gasteiger partial charge in [0, 0.05) is 0 Å². The van der Waals surface area contributed by atoms with Crippen molar-refractivity contribution in [2.75, 3.05) is 19.1 Å². The molecule has 2 rings (SSSR count). The van der Waals surface area contributed by atoms with Gasteiger partial charge in [0.15, 0.2) is 17.7 Å². The minimum Gasteiger partial charge on any atom is -0.499 e. The van der Waals surface area contributed by atoms with Crippen LogP contribution < -0.4 is 0 Å². The fourth-order valence-corrected chi connectivity index (χ4v) is 4.69. The molecule has 7 heteroatoms. The van der Waals surface area contributed by atoms with Crippen molar-refractivity contribution in [2.24, 2.45) is 0 Å². The van der Waals surface area contributed by atoms with Crippen LogP contribution in [-0.4, -0.2) is 48.2 Å². The second-order valence-electron chi connectivity index (χ2n) is 9.93. The summed E-state index contributed by atoms with van der Waals surface area (Å²) in [6.07, 6.45) is 19.6. The zero-order chi connectivity index (χ0) is 24.7. The molecule has 1 N–H and O–H groups in total. The van der Waals surface area contributed by atoms with E-state index in [1.165, 1.54) is 89.9 Å². The van der Waals surface area contributed by atoms with Crippen molar-refractivity contribution in [3.63, 3.8) is 0 Å². The van der Waals surface area contributed by atoms with Crippen LogP contribution in [0.5, 0.6) is 0 Å². The molecular weight excluding hydrogens is 456 g/mol. The van der Waals surface area contributed by atoms with Gasteiger partial charge < -0.3 is 24.1 Å². The third kappa shape index (κ3) is 10.3. The van der Waals surface area contributed by atoms with E-state index in [9.17, 15) is 9.90 Å². The van der Waals surface area contributed by atoms with Gasteiger partial charge in [0.05, 0.1) is 19.1 Å². The van der Waals surface area contributed by atoms with Gasteiger partial charge >= 0.3 is 5.97 Å². The highest BCUT2D eigenvalue weighted by molar-refractivity contribution is 6.18. The van der Waals surface area contributed by atoms with Crippen LogP contribution >= 0.6 is 11.6 Å². The van der Waals surface area contributed by atoms with E-state index in [1.807, 2.05) is 0 Å². The van der Waals surface area contributed by atoms with Crippen LogP contribution in [0.25, 0.3) is 0 Å². The smallest absolute Gasteiger partial charge is 0.378 e. The zero-order valence-electron chi connectivity index (χ0n) is 21.5. The summed E-state index contributed by atoms with van der Waals surface area (Å²) in [6.45, 7) is 4.66. The summed E-state index contributed by atoms with van der Waals surface area (Å²) in [4.78, 5) is 11.8. The lowest BCUT2D eigenvalue weighted by atomic mass is 10.0. The largest absolute Gasteiger partial charge is 0.499 e. The first-order valence-corrected chi connectivity index (χ1v) is 14.2. The van der Waals surface area contributed by atoms with Gasteiger partial charge in [0.25, 0.3) is 0 Å². The maximum absolute atomic E-state index is 11.8. The third-order valence-electron chi connectivity index (χ3n) is 6.71. The SMILES string of the molecule is CCCCCCCCCCCCCCCCCCOC1=C(O)C(=O)O[C@@H]1[C@@H]1COC(C)(CCl)O1. The number of hydrogen-bond acceptors (Lipinski definition) is 6. The van der Waals surface area contributed by atoms with Gasteiger partial charge in [0.1, 0.15) is 6.10 Å². The molecule has 0 saturated carbocycles. The Kier molecular flexibility index (Phi) is 14.3. The van der Waals surface area contributed by atoms with Gasteiger partial charge in [-0.2, -0.15) is 0 Å². The summed E-state index contributed by atoms with van der Waals surface area (Å²) in [5, 5.41) is 10.1. The highest BCUT2D eigenvalue weighted by Crippen LogP contribution is 2.34. The molecule has 2 heterocycles. The van der Waals surface area contributed by atoms with E-state index in [4.69, 9.17) is 30.5 Å². The van der Waals surface area contributed by atoms with E-state index in [-0.39, 0.29) is 18.2 Å². The van der Waals surface area contributed by atoms with E-state index in [1.54, 1.807) is 6.92 Å². The summed E-state index contributed by atoms with van der Waals surface area (Å²) >= 11 is 5.88. The predicted octanol–water partition coefficient (Wildman–Crippen LogP) is 7.33. The Hall–Kier alpha value is -0.980. The molecule has 2 aliphatic rings. The lowest BCUT2D eigenvalue weighted by Crippen LogP contribution is -2.35. The minimum absolute atomic E-state index is 0.151. The number of aliphatic hydroxyl groups is 1. The van der Waals surface area contributed by atoms with Gasteiger partial charge in [-0.3, -0.25) is 0 Å². The molecule has 198 valence electrons. The first-order valence-electron chi connectivity index (χ1n) is 13.7. The molecule has 0 aromatic rings. The molecule has 0 amide bonds.